The van der Waals surface area contributed by atoms with E-state index < -0.39 is 41.9 Å². The summed E-state index contributed by atoms with van der Waals surface area (Å²) in [6.45, 7) is 5.14. The quantitative estimate of drug-likeness (QED) is 0.366. The molecule has 0 fully saturated rings. The summed E-state index contributed by atoms with van der Waals surface area (Å²) in [5.74, 6) is -4.46. The van der Waals surface area contributed by atoms with Crippen LogP contribution in [0.15, 0.2) is 0 Å². The maximum Gasteiger partial charge on any atom is 0.343 e. The average molecular weight is 335 g/mol. The first-order valence-electron chi connectivity index (χ1n) is 7.18. The van der Waals surface area contributed by atoms with Crippen molar-refractivity contribution in [3.63, 3.8) is 0 Å². The Morgan fingerprint density at radius 1 is 0.957 bits per heavy atom. The Bertz CT molecular complexity index is 434. The van der Waals surface area contributed by atoms with Gasteiger partial charge >= 0.3 is 17.9 Å². The third kappa shape index (κ3) is 5.84. The molecule has 9 heteroatoms. The van der Waals surface area contributed by atoms with Gasteiger partial charge in [0.05, 0.1) is 19.8 Å². The van der Waals surface area contributed by atoms with Gasteiger partial charge in [-0.2, -0.15) is 0 Å². The van der Waals surface area contributed by atoms with Gasteiger partial charge in [0, 0.05) is 13.3 Å². The Morgan fingerprint density at radius 2 is 1.39 bits per heavy atom. The van der Waals surface area contributed by atoms with E-state index in [9.17, 15) is 23.6 Å². The summed E-state index contributed by atoms with van der Waals surface area (Å²) in [6, 6.07) is 0. The molecular weight excluding hydrogens is 313 g/mol. The molecule has 0 saturated carbocycles. The summed E-state index contributed by atoms with van der Waals surface area (Å²) in [6.07, 6.45) is -3.31. The van der Waals surface area contributed by atoms with Gasteiger partial charge in [-0.3, -0.25) is 4.79 Å². The number of amides is 1. The summed E-state index contributed by atoms with van der Waals surface area (Å²) in [4.78, 5) is 47.2. The summed E-state index contributed by atoms with van der Waals surface area (Å²) in [5.41, 5.74) is -2.45. The van der Waals surface area contributed by atoms with Crippen LogP contribution in [0.4, 0.5) is 4.39 Å². The third-order valence-electron chi connectivity index (χ3n) is 2.66. The number of carbonyl (C=O) groups excluding carboxylic acids is 4. The Morgan fingerprint density at radius 3 is 1.74 bits per heavy atom. The van der Waals surface area contributed by atoms with Gasteiger partial charge in [0.2, 0.25) is 17.6 Å². The van der Waals surface area contributed by atoms with Crippen molar-refractivity contribution in [2.45, 2.75) is 45.8 Å². The average Bonchev–Trinajstić information content (AvgIpc) is 2.46. The van der Waals surface area contributed by atoms with Crippen LogP contribution in [0.25, 0.3) is 0 Å². The molecule has 132 valence electrons. The number of esters is 3. The fraction of sp³-hybridized carbons (Fsp3) is 0.714. The van der Waals surface area contributed by atoms with E-state index in [2.05, 4.69) is 10.1 Å². The van der Waals surface area contributed by atoms with Crippen molar-refractivity contribution < 1.29 is 37.8 Å². The molecule has 0 saturated heterocycles. The van der Waals surface area contributed by atoms with Crippen molar-refractivity contribution in [3.05, 3.63) is 0 Å². The predicted octanol–water partition coefficient (Wildman–Crippen LogP) is 0.279. The predicted molar refractivity (Wildman–Crippen MR) is 76.0 cm³/mol. The van der Waals surface area contributed by atoms with Crippen molar-refractivity contribution in [2.24, 2.45) is 0 Å². The minimum atomic E-state index is -2.45. The molecule has 1 atom stereocenters. The van der Waals surface area contributed by atoms with E-state index in [1.54, 1.807) is 0 Å². The Labute approximate surface area is 133 Å². The zero-order valence-corrected chi connectivity index (χ0v) is 13.6. The largest absolute Gasteiger partial charge is 0.464 e. The minimum Gasteiger partial charge on any atom is -0.464 e. The highest BCUT2D eigenvalue weighted by Crippen LogP contribution is 2.21. The highest BCUT2D eigenvalue weighted by molar-refractivity contribution is 6.08. The van der Waals surface area contributed by atoms with E-state index in [1.165, 1.54) is 20.8 Å². The summed E-state index contributed by atoms with van der Waals surface area (Å²) in [7, 11) is 0. The van der Waals surface area contributed by atoms with Crippen LogP contribution in [-0.2, 0) is 33.4 Å². The van der Waals surface area contributed by atoms with Gasteiger partial charge in [-0.25, -0.2) is 18.8 Å². The first-order chi connectivity index (χ1) is 10.7. The van der Waals surface area contributed by atoms with Gasteiger partial charge in [0.1, 0.15) is 0 Å². The molecular formula is C14H22FNO7. The van der Waals surface area contributed by atoms with Crippen LogP contribution in [0.2, 0.25) is 0 Å². The number of nitrogens with one attached hydrogen (secondary N) is 1. The van der Waals surface area contributed by atoms with Gasteiger partial charge in [-0.1, -0.05) is 0 Å². The Kier molecular flexibility index (Phi) is 8.82. The molecule has 0 aromatic carbocycles. The maximum absolute atomic E-state index is 14.1. The zero-order chi connectivity index (χ0) is 18.0. The molecule has 0 heterocycles. The van der Waals surface area contributed by atoms with Crippen LogP contribution in [0, 0.1) is 0 Å². The highest BCUT2D eigenvalue weighted by Gasteiger charge is 2.53. The molecule has 8 nitrogen and oxygen atoms in total. The van der Waals surface area contributed by atoms with Crippen molar-refractivity contribution >= 4 is 23.8 Å². The molecule has 0 aliphatic carbocycles. The van der Waals surface area contributed by atoms with Crippen molar-refractivity contribution in [3.8, 4) is 0 Å². The molecule has 1 amide bonds. The van der Waals surface area contributed by atoms with Crippen LogP contribution in [-0.4, -0.2) is 55.3 Å². The minimum absolute atomic E-state index is 0.0782. The van der Waals surface area contributed by atoms with E-state index in [4.69, 9.17) is 9.47 Å². The number of halogens is 1. The lowest BCUT2D eigenvalue weighted by Crippen LogP contribution is -2.62. The normalized spacial score (nSPS) is 12.0. The van der Waals surface area contributed by atoms with Crippen LogP contribution in [0.5, 0.6) is 0 Å². The highest BCUT2D eigenvalue weighted by atomic mass is 19.1. The second kappa shape index (κ2) is 9.75. The lowest BCUT2D eigenvalue weighted by atomic mass is 9.92. The zero-order valence-electron chi connectivity index (χ0n) is 13.6. The number of hydrogen-bond donors (Lipinski definition) is 1. The van der Waals surface area contributed by atoms with Gasteiger partial charge < -0.3 is 19.5 Å². The van der Waals surface area contributed by atoms with Crippen LogP contribution in [0.1, 0.15) is 34.1 Å². The van der Waals surface area contributed by atoms with Gasteiger partial charge in [0.25, 0.3) is 0 Å². The molecule has 0 spiro atoms. The number of alkyl halides is 1. The Hall–Kier alpha value is -2.19. The first-order valence-corrected chi connectivity index (χ1v) is 7.18. The van der Waals surface area contributed by atoms with Gasteiger partial charge in [0.15, 0.2) is 0 Å². The molecule has 1 N–H and O–H groups in total. The van der Waals surface area contributed by atoms with Gasteiger partial charge in [-0.05, 0) is 20.8 Å². The van der Waals surface area contributed by atoms with Crippen LogP contribution >= 0.6 is 0 Å². The fourth-order valence-corrected chi connectivity index (χ4v) is 1.80. The van der Waals surface area contributed by atoms with E-state index in [-0.39, 0.29) is 19.8 Å². The number of carbonyl (C=O) groups is 4. The van der Waals surface area contributed by atoms with E-state index in [1.807, 2.05) is 0 Å². The third-order valence-corrected chi connectivity index (χ3v) is 2.66. The summed E-state index contributed by atoms with van der Waals surface area (Å²) < 4.78 is 28.1. The lowest BCUT2D eigenvalue weighted by molar-refractivity contribution is -0.170. The standard InChI is InChI=1S/C14H22FNO7/c1-5-21-11(18)10(15)8-14(16-9(4)17,12(19)22-6-2)13(20)23-7-3/h10H,5-8H2,1-4H3,(H,16,17). The van der Waals surface area contributed by atoms with E-state index in [0.29, 0.717) is 0 Å². The number of rotatable bonds is 9. The topological polar surface area (TPSA) is 108 Å². The van der Waals surface area contributed by atoms with E-state index in [0.717, 1.165) is 6.92 Å². The first kappa shape index (κ1) is 20.8. The summed E-state index contributed by atoms with van der Waals surface area (Å²) in [5, 5.41) is 2.05. The number of hydrogen-bond acceptors (Lipinski definition) is 7. The van der Waals surface area contributed by atoms with Gasteiger partial charge in [-0.15, -0.1) is 0 Å². The van der Waals surface area contributed by atoms with Crippen LogP contribution < -0.4 is 5.32 Å². The molecule has 1 unspecified atom stereocenters. The number of ether oxygens (including phenoxy) is 3. The fourth-order valence-electron chi connectivity index (χ4n) is 1.80. The molecule has 0 aromatic rings. The molecule has 0 radical (unpaired) electrons. The molecule has 0 aromatic heterocycles. The lowest BCUT2D eigenvalue weighted by Gasteiger charge is -2.30. The SMILES string of the molecule is CCOC(=O)C(F)CC(NC(C)=O)(C(=O)OCC)C(=O)OCC. The molecule has 0 aliphatic rings. The molecule has 0 bridgehead atoms. The Balaban J connectivity index is 5.68. The second-order valence-corrected chi connectivity index (χ2v) is 4.45. The smallest absolute Gasteiger partial charge is 0.343 e. The van der Waals surface area contributed by atoms with E-state index >= 15 is 0 Å². The summed E-state index contributed by atoms with van der Waals surface area (Å²) >= 11 is 0. The maximum atomic E-state index is 14.1. The van der Waals surface area contributed by atoms with Crippen LogP contribution in [0.3, 0.4) is 0 Å². The monoisotopic (exact) mass is 335 g/mol. The van der Waals surface area contributed by atoms with Crippen molar-refractivity contribution in [1.29, 1.82) is 0 Å². The molecule has 0 aliphatic heterocycles. The van der Waals surface area contributed by atoms with Crippen molar-refractivity contribution in [1.82, 2.24) is 5.32 Å². The second-order valence-electron chi connectivity index (χ2n) is 4.45. The molecule has 23 heavy (non-hydrogen) atoms. The molecule has 0 rings (SSSR count). The van der Waals surface area contributed by atoms with Crippen molar-refractivity contribution in [2.75, 3.05) is 19.8 Å².